The van der Waals surface area contributed by atoms with Crippen molar-refractivity contribution in [3.8, 4) is 0 Å². The third-order valence-electron chi connectivity index (χ3n) is 5.53. The molecule has 0 radical (unpaired) electrons. The van der Waals surface area contributed by atoms with Crippen LogP contribution in [0.5, 0.6) is 0 Å². The summed E-state index contributed by atoms with van der Waals surface area (Å²) in [5.74, 6) is 0. The third kappa shape index (κ3) is 3.34. The summed E-state index contributed by atoms with van der Waals surface area (Å²) >= 11 is 0. The summed E-state index contributed by atoms with van der Waals surface area (Å²) in [5.41, 5.74) is 0.791. The maximum absolute atomic E-state index is 10.2. The van der Waals surface area contributed by atoms with Crippen LogP contribution in [-0.4, -0.2) is 55.5 Å². The first-order valence-electron chi connectivity index (χ1n) is 8.44. The summed E-state index contributed by atoms with van der Waals surface area (Å²) in [4.78, 5) is 4.85. The van der Waals surface area contributed by atoms with Crippen molar-refractivity contribution in [3.63, 3.8) is 0 Å². The van der Waals surface area contributed by atoms with Gasteiger partial charge in [0.25, 0.3) is 0 Å². The van der Waals surface area contributed by atoms with Crippen LogP contribution >= 0.6 is 0 Å². The fourth-order valence-corrected chi connectivity index (χ4v) is 4.65. The summed E-state index contributed by atoms with van der Waals surface area (Å²) in [7, 11) is 0. The molecule has 1 atom stereocenters. The van der Waals surface area contributed by atoms with Gasteiger partial charge in [-0.25, -0.2) is 0 Å². The zero-order valence-corrected chi connectivity index (χ0v) is 15.2. The highest BCUT2D eigenvalue weighted by atomic mass is 16.3. The van der Waals surface area contributed by atoms with Gasteiger partial charge in [-0.15, -0.1) is 0 Å². The molecule has 128 valence electrons. The van der Waals surface area contributed by atoms with E-state index in [1.165, 1.54) is 0 Å². The van der Waals surface area contributed by atoms with Gasteiger partial charge in [-0.05, 0) is 60.8 Å². The third-order valence-corrected chi connectivity index (χ3v) is 5.53. The van der Waals surface area contributed by atoms with Gasteiger partial charge in [0.15, 0.2) is 0 Å². The normalized spacial score (nSPS) is 32.3. The van der Waals surface area contributed by atoms with Crippen LogP contribution in [0.4, 0.5) is 0 Å². The minimum Gasteiger partial charge on any atom is -0.393 e. The molecular weight excluding hydrogens is 276 g/mol. The van der Waals surface area contributed by atoms with E-state index >= 15 is 0 Å². The minimum absolute atomic E-state index is 0.0619. The molecule has 2 N–H and O–H groups in total. The van der Waals surface area contributed by atoms with Crippen LogP contribution in [0.25, 0.3) is 0 Å². The molecule has 1 unspecified atom stereocenters. The molecule has 2 saturated heterocycles. The molecule has 2 aliphatic rings. The van der Waals surface area contributed by atoms with Gasteiger partial charge in [0, 0.05) is 28.7 Å². The van der Waals surface area contributed by atoms with E-state index in [0.717, 1.165) is 31.6 Å². The van der Waals surface area contributed by atoms with E-state index in [-0.39, 0.29) is 28.8 Å². The number of likely N-dealkylation sites (tertiary alicyclic amines) is 2. The Labute approximate surface area is 135 Å². The average Bonchev–Trinajstić information content (AvgIpc) is 2.21. The van der Waals surface area contributed by atoms with Crippen molar-refractivity contribution in [2.75, 3.05) is 6.67 Å². The average molecular weight is 310 g/mol. The predicted octanol–water partition coefficient (Wildman–Crippen LogP) is 2.71. The summed E-state index contributed by atoms with van der Waals surface area (Å²) < 4.78 is 0. The van der Waals surface area contributed by atoms with Crippen molar-refractivity contribution in [2.24, 2.45) is 0 Å². The van der Waals surface area contributed by atoms with Crippen LogP contribution < -0.4 is 0 Å². The number of aliphatic hydroxyl groups excluding tert-OH is 2. The Morgan fingerprint density at radius 1 is 0.909 bits per heavy atom. The summed E-state index contributed by atoms with van der Waals surface area (Å²) in [6, 6.07) is 0. The smallest absolute Gasteiger partial charge is 0.0718 e. The second-order valence-corrected chi connectivity index (χ2v) is 9.13. The summed E-state index contributed by atoms with van der Waals surface area (Å²) in [6.07, 6.45) is 2.48. The van der Waals surface area contributed by atoms with Gasteiger partial charge >= 0.3 is 0 Å². The molecule has 0 saturated carbocycles. The van der Waals surface area contributed by atoms with Gasteiger partial charge < -0.3 is 15.1 Å². The van der Waals surface area contributed by atoms with Crippen LogP contribution in [0, 0.1) is 0 Å². The lowest BCUT2D eigenvalue weighted by molar-refractivity contribution is -0.119. The van der Waals surface area contributed by atoms with Crippen molar-refractivity contribution in [1.82, 2.24) is 9.80 Å². The zero-order chi connectivity index (χ0) is 16.9. The molecule has 2 heterocycles. The topological polar surface area (TPSA) is 46.9 Å². The number of hydrogen-bond acceptors (Lipinski definition) is 4. The Kier molecular flexibility index (Phi) is 4.44. The van der Waals surface area contributed by atoms with E-state index < -0.39 is 0 Å². The molecule has 0 bridgehead atoms. The molecular formula is C18H34N2O2. The highest BCUT2D eigenvalue weighted by molar-refractivity contribution is 5.10. The Hall–Kier alpha value is -0.580. The molecule has 0 spiro atoms. The van der Waals surface area contributed by atoms with Gasteiger partial charge in [-0.3, -0.25) is 4.90 Å². The molecule has 0 amide bonds. The molecule has 4 heteroatoms. The molecule has 4 nitrogen and oxygen atoms in total. The summed E-state index contributed by atoms with van der Waals surface area (Å²) in [6.45, 7) is 18.2. The maximum atomic E-state index is 10.2. The molecule has 0 aromatic rings. The van der Waals surface area contributed by atoms with E-state index in [1.54, 1.807) is 0 Å². The lowest BCUT2D eigenvalue weighted by atomic mass is 9.78. The fourth-order valence-electron chi connectivity index (χ4n) is 4.65. The largest absolute Gasteiger partial charge is 0.393 e. The Morgan fingerprint density at radius 2 is 1.36 bits per heavy atom. The van der Waals surface area contributed by atoms with Crippen molar-refractivity contribution >= 4 is 0 Å². The highest BCUT2D eigenvalue weighted by Gasteiger charge is 2.47. The lowest BCUT2D eigenvalue weighted by Gasteiger charge is -2.58. The first-order chi connectivity index (χ1) is 9.85. The van der Waals surface area contributed by atoms with Crippen LogP contribution in [0.3, 0.4) is 0 Å². The van der Waals surface area contributed by atoms with Crippen molar-refractivity contribution in [1.29, 1.82) is 0 Å². The molecule has 22 heavy (non-hydrogen) atoms. The first kappa shape index (κ1) is 17.8. The van der Waals surface area contributed by atoms with E-state index in [1.807, 2.05) is 0 Å². The van der Waals surface area contributed by atoms with Gasteiger partial charge in [0.05, 0.1) is 18.9 Å². The standard InChI is InChI=1S/C18H34N2O2/c1-13-8-14(21)9-16(2,3)19(13)12-20-17(4,5)10-15(22)11-18(20,6)7/h14-15,21-22H,1,8-12H2,2-7H3. The van der Waals surface area contributed by atoms with Crippen molar-refractivity contribution in [3.05, 3.63) is 12.3 Å². The van der Waals surface area contributed by atoms with Gasteiger partial charge in [0.1, 0.15) is 0 Å². The van der Waals surface area contributed by atoms with E-state index in [0.29, 0.717) is 6.42 Å². The Bertz CT molecular complexity index is 424. The maximum Gasteiger partial charge on any atom is 0.0718 e. The van der Waals surface area contributed by atoms with E-state index in [4.69, 9.17) is 0 Å². The van der Waals surface area contributed by atoms with Crippen LogP contribution in [0.1, 0.15) is 67.2 Å². The van der Waals surface area contributed by atoms with Gasteiger partial charge in [-0.1, -0.05) is 6.58 Å². The van der Waals surface area contributed by atoms with Crippen molar-refractivity contribution < 1.29 is 10.2 Å². The number of nitrogens with zero attached hydrogens (tertiary/aromatic N) is 2. The monoisotopic (exact) mass is 310 g/mol. The molecule has 2 fully saturated rings. The van der Waals surface area contributed by atoms with Crippen LogP contribution in [0.15, 0.2) is 12.3 Å². The second-order valence-electron chi connectivity index (χ2n) is 9.13. The van der Waals surface area contributed by atoms with Crippen LogP contribution in [0.2, 0.25) is 0 Å². The number of aliphatic hydroxyl groups is 2. The number of rotatable bonds is 2. The Balaban J connectivity index is 2.25. The predicted molar refractivity (Wildman–Crippen MR) is 90.4 cm³/mol. The molecule has 0 aromatic carbocycles. The molecule has 0 aliphatic carbocycles. The second kappa shape index (κ2) is 5.50. The minimum atomic E-state index is -0.289. The van der Waals surface area contributed by atoms with Crippen molar-refractivity contribution in [2.45, 2.75) is 96.1 Å². The Morgan fingerprint density at radius 3 is 1.82 bits per heavy atom. The quantitative estimate of drug-likeness (QED) is 0.823. The molecule has 2 rings (SSSR count). The summed E-state index contributed by atoms with van der Waals surface area (Å²) in [5, 5.41) is 20.2. The van der Waals surface area contributed by atoms with E-state index in [2.05, 4.69) is 57.9 Å². The van der Waals surface area contributed by atoms with E-state index in [9.17, 15) is 10.2 Å². The first-order valence-corrected chi connectivity index (χ1v) is 8.44. The number of piperidine rings is 2. The SMILES string of the molecule is C=C1CC(O)CC(C)(C)N1CN1C(C)(C)CC(O)CC1(C)C. The molecule has 2 aliphatic heterocycles. The lowest BCUT2D eigenvalue weighted by Crippen LogP contribution is -2.66. The number of hydrogen-bond donors (Lipinski definition) is 2. The van der Waals surface area contributed by atoms with Gasteiger partial charge in [0.2, 0.25) is 0 Å². The van der Waals surface area contributed by atoms with Crippen LogP contribution in [-0.2, 0) is 0 Å². The molecule has 0 aromatic heterocycles. The highest BCUT2D eigenvalue weighted by Crippen LogP contribution is 2.41. The zero-order valence-electron chi connectivity index (χ0n) is 15.2. The van der Waals surface area contributed by atoms with Gasteiger partial charge in [-0.2, -0.15) is 0 Å². The fraction of sp³-hybridized carbons (Fsp3) is 0.889.